The molecule has 0 unspecified atom stereocenters. The summed E-state index contributed by atoms with van der Waals surface area (Å²) < 4.78 is 1.26. The quantitative estimate of drug-likeness (QED) is 0.863. The molecule has 1 aliphatic rings. The molecule has 2 heteroatoms. The van der Waals surface area contributed by atoms with Crippen molar-refractivity contribution >= 4 is 15.9 Å². The Morgan fingerprint density at radius 1 is 1.10 bits per heavy atom. The van der Waals surface area contributed by atoms with Crippen LogP contribution >= 0.6 is 15.9 Å². The molecule has 0 aromatic heterocycles. The van der Waals surface area contributed by atoms with Crippen LogP contribution in [0.4, 0.5) is 0 Å². The number of benzene rings is 2. The summed E-state index contributed by atoms with van der Waals surface area (Å²) in [5, 5.41) is 3.78. The maximum absolute atomic E-state index is 3.78. The molecule has 1 N–H and O–H groups in total. The Hall–Kier alpha value is -1.12. The molecule has 1 aliphatic carbocycles. The third-order valence-electron chi connectivity index (χ3n) is 4.21. The molecule has 2 aromatic carbocycles. The lowest BCUT2D eigenvalue weighted by Crippen LogP contribution is -2.36. The highest BCUT2D eigenvalue weighted by atomic mass is 79.9. The third-order valence-corrected chi connectivity index (χ3v) is 4.96. The Labute approximate surface area is 129 Å². The SMILES string of the molecule is C[C@H](N[C@H]1CCc2cccc(Br)c2C1)c1ccccc1. The predicted octanol–water partition coefficient (Wildman–Crippen LogP) is 4.66. The number of rotatable bonds is 3. The molecule has 0 saturated heterocycles. The first-order valence-electron chi connectivity index (χ1n) is 7.31. The number of hydrogen-bond donors (Lipinski definition) is 1. The Balaban J connectivity index is 1.70. The van der Waals surface area contributed by atoms with Crippen molar-refractivity contribution in [3.63, 3.8) is 0 Å². The van der Waals surface area contributed by atoms with E-state index in [1.807, 2.05) is 0 Å². The van der Waals surface area contributed by atoms with Crippen molar-refractivity contribution in [2.75, 3.05) is 0 Å². The number of nitrogens with one attached hydrogen (secondary N) is 1. The van der Waals surface area contributed by atoms with E-state index in [1.54, 1.807) is 0 Å². The monoisotopic (exact) mass is 329 g/mol. The molecule has 0 amide bonds. The van der Waals surface area contributed by atoms with Crippen molar-refractivity contribution in [1.29, 1.82) is 0 Å². The largest absolute Gasteiger partial charge is 0.307 e. The summed E-state index contributed by atoms with van der Waals surface area (Å²) in [6, 6.07) is 18.2. The average molecular weight is 330 g/mol. The zero-order valence-corrected chi connectivity index (χ0v) is 13.4. The zero-order chi connectivity index (χ0) is 13.9. The lowest BCUT2D eigenvalue weighted by molar-refractivity contribution is 0.413. The fraction of sp³-hybridized carbons (Fsp3) is 0.333. The summed E-state index contributed by atoms with van der Waals surface area (Å²) in [4.78, 5) is 0. The summed E-state index contributed by atoms with van der Waals surface area (Å²) in [7, 11) is 0. The first-order chi connectivity index (χ1) is 9.74. The molecular weight excluding hydrogens is 310 g/mol. The van der Waals surface area contributed by atoms with Gasteiger partial charge in [-0.05, 0) is 48.9 Å². The molecule has 0 aliphatic heterocycles. The number of halogens is 1. The van der Waals surface area contributed by atoms with Gasteiger partial charge in [0.05, 0.1) is 0 Å². The van der Waals surface area contributed by atoms with Gasteiger partial charge in [-0.3, -0.25) is 0 Å². The lowest BCUT2D eigenvalue weighted by atomic mass is 9.88. The second-order valence-electron chi connectivity index (χ2n) is 5.62. The van der Waals surface area contributed by atoms with Gasteiger partial charge in [-0.25, -0.2) is 0 Å². The fourth-order valence-corrected chi connectivity index (χ4v) is 3.65. The number of hydrogen-bond acceptors (Lipinski definition) is 1. The standard InChI is InChI=1S/C18H20BrN/c1-13(14-6-3-2-4-7-14)20-16-11-10-15-8-5-9-18(19)17(15)12-16/h2-9,13,16,20H,10-12H2,1H3/t13-,16-/m0/s1. The average Bonchev–Trinajstić information content (AvgIpc) is 2.49. The first-order valence-corrected chi connectivity index (χ1v) is 8.10. The molecule has 3 rings (SSSR count). The van der Waals surface area contributed by atoms with Gasteiger partial charge in [-0.2, -0.15) is 0 Å². The van der Waals surface area contributed by atoms with Gasteiger partial charge in [0.2, 0.25) is 0 Å². The molecule has 0 fully saturated rings. The van der Waals surface area contributed by atoms with Crippen LogP contribution in [-0.4, -0.2) is 6.04 Å². The van der Waals surface area contributed by atoms with Crippen LogP contribution < -0.4 is 5.32 Å². The van der Waals surface area contributed by atoms with Crippen LogP contribution in [0.25, 0.3) is 0 Å². The number of aryl methyl sites for hydroxylation is 1. The second kappa shape index (κ2) is 6.11. The minimum atomic E-state index is 0.408. The van der Waals surface area contributed by atoms with E-state index in [2.05, 4.69) is 76.7 Å². The Bertz CT molecular complexity index is 579. The van der Waals surface area contributed by atoms with E-state index in [4.69, 9.17) is 0 Å². The maximum atomic E-state index is 3.78. The minimum Gasteiger partial charge on any atom is -0.307 e. The fourth-order valence-electron chi connectivity index (χ4n) is 3.08. The normalized spacial score (nSPS) is 19.4. The minimum absolute atomic E-state index is 0.408. The molecule has 20 heavy (non-hydrogen) atoms. The summed E-state index contributed by atoms with van der Waals surface area (Å²) >= 11 is 3.69. The highest BCUT2D eigenvalue weighted by Gasteiger charge is 2.21. The molecule has 104 valence electrons. The molecule has 0 radical (unpaired) electrons. The molecule has 0 heterocycles. The van der Waals surface area contributed by atoms with Crippen LogP contribution in [0.5, 0.6) is 0 Å². The topological polar surface area (TPSA) is 12.0 Å². The van der Waals surface area contributed by atoms with Gasteiger partial charge < -0.3 is 5.32 Å². The van der Waals surface area contributed by atoms with E-state index in [0.29, 0.717) is 12.1 Å². The van der Waals surface area contributed by atoms with Crippen LogP contribution in [0.3, 0.4) is 0 Å². The Morgan fingerprint density at radius 2 is 1.90 bits per heavy atom. The van der Waals surface area contributed by atoms with Crippen molar-refractivity contribution in [3.05, 3.63) is 69.7 Å². The summed E-state index contributed by atoms with van der Waals surface area (Å²) in [6.45, 7) is 2.25. The van der Waals surface area contributed by atoms with Crippen molar-refractivity contribution in [3.8, 4) is 0 Å². The van der Waals surface area contributed by atoms with Crippen LogP contribution in [0.15, 0.2) is 53.0 Å². The highest BCUT2D eigenvalue weighted by molar-refractivity contribution is 9.10. The third kappa shape index (κ3) is 2.97. The van der Waals surface area contributed by atoms with E-state index < -0.39 is 0 Å². The smallest absolute Gasteiger partial charge is 0.0294 e. The zero-order valence-electron chi connectivity index (χ0n) is 11.8. The highest BCUT2D eigenvalue weighted by Crippen LogP contribution is 2.29. The summed E-state index contributed by atoms with van der Waals surface area (Å²) in [6.07, 6.45) is 3.52. The molecule has 0 spiro atoms. The van der Waals surface area contributed by atoms with Gasteiger partial charge in [0.1, 0.15) is 0 Å². The molecule has 1 nitrogen and oxygen atoms in total. The molecule has 0 bridgehead atoms. The van der Waals surface area contributed by atoms with Crippen molar-refractivity contribution in [2.24, 2.45) is 0 Å². The van der Waals surface area contributed by atoms with Gasteiger partial charge in [0.15, 0.2) is 0 Å². The van der Waals surface area contributed by atoms with Crippen LogP contribution in [0.1, 0.15) is 36.1 Å². The predicted molar refractivity (Wildman–Crippen MR) is 87.9 cm³/mol. The first kappa shape index (κ1) is 13.8. The van der Waals surface area contributed by atoms with Crippen molar-refractivity contribution in [1.82, 2.24) is 5.32 Å². The Kier molecular flexibility index (Phi) is 4.23. The van der Waals surface area contributed by atoms with E-state index in [9.17, 15) is 0 Å². The van der Waals surface area contributed by atoms with Gasteiger partial charge in [0, 0.05) is 16.6 Å². The maximum Gasteiger partial charge on any atom is 0.0294 e. The lowest BCUT2D eigenvalue weighted by Gasteiger charge is -2.29. The summed E-state index contributed by atoms with van der Waals surface area (Å²) in [5.74, 6) is 0. The summed E-state index contributed by atoms with van der Waals surface area (Å²) in [5.41, 5.74) is 4.35. The van der Waals surface area contributed by atoms with E-state index in [0.717, 1.165) is 6.42 Å². The van der Waals surface area contributed by atoms with Gasteiger partial charge in [-0.1, -0.05) is 58.4 Å². The van der Waals surface area contributed by atoms with E-state index in [1.165, 1.54) is 34.0 Å². The molecule has 0 saturated carbocycles. The van der Waals surface area contributed by atoms with E-state index >= 15 is 0 Å². The second-order valence-corrected chi connectivity index (χ2v) is 6.47. The van der Waals surface area contributed by atoms with Crippen LogP contribution in [0.2, 0.25) is 0 Å². The van der Waals surface area contributed by atoms with Gasteiger partial charge in [0.25, 0.3) is 0 Å². The number of fused-ring (bicyclic) bond motifs is 1. The Morgan fingerprint density at radius 3 is 2.70 bits per heavy atom. The molecular formula is C18H20BrN. The molecule has 2 aromatic rings. The van der Waals surface area contributed by atoms with E-state index in [-0.39, 0.29) is 0 Å². The van der Waals surface area contributed by atoms with Gasteiger partial charge in [-0.15, -0.1) is 0 Å². The van der Waals surface area contributed by atoms with Gasteiger partial charge >= 0.3 is 0 Å². The van der Waals surface area contributed by atoms with Crippen LogP contribution in [0, 0.1) is 0 Å². The van der Waals surface area contributed by atoms with Crippen LogP contribution in [-0.2, 0) is 12.8 Å². The molecule has 2 atom stereocenters. The van der Waals surface area contributed by atoms with Crippen molar-refractivity contribution in [2.45, 2.75) is 38.3 Å². The van der Waals surface area contributed by atoms with Crippen molar-refractivity contribution < 1.29 is 0 Å².